The van der Waals surface area contributed by atoms with Crippen LogP contribution in [0, 0.1) is 5.92 Å². The zero-order chi connectivity index (χ0) is 22.8. The molecule has 1 N–H and O–H groups in total. The SMILES string of the molecule is CC[C@@H]1C[C@@H](N(C)c2cnc(-c3ccc(-c4ccn(C)c(=O)c4)cc3O)nn2)CC[C@H]1F. The highest BCUT2D eigenvalue weighted by Crippen LogP contribution is 2.34. The average molecular weight is 438 g/mol. The quantitative estimate of drug-likeness (QED) is 0.650. The molecular weight excluding hydrogens is 409 g/mol. The fraction of sp³-hybridized carbons (Fsp3) is 0.417. The summed E-state index contributed by atoms with van der Waals surface area (Å²) in [5, 5.41) is 19.1. The van der Waals surface area contributed by atoms with E-state index in [9.17, 15) is 14.3 Å². The fourth-order valence-electron chi connectivity index (χ4n) is 4.35. The predicted molar refractivity (Wildman–Crippen MR) is 122 cm³/mol. The molecule has 0 radical (unpaired) electrons. The second-order valence-corrected chi connectivity index (χ2v) is 8.50. The number of aryl methyl sites for hydroxylation is 1. The normalized spacial score (nSPS) is 20.8. The lowest BCUT2D eigenvalue weighted by Crippen LogP contribution is -2.40. The van der Waals surface area contributed by atoms with Gasteiger partial charge in [-0.1, -0.05) is 19.4 Å². The Bertz CT molecular complexity index is 1150. The first-order valence-corrected chi connectivity index (χ1v) is 10.9. The second kappa shape index (κ2) is 9.06. The van der Waals surface area contributed by atoms with Gasteiger partial charge in [-0.2, -0.15) is 0 Å². The Labute approximate surface area is 186 Å². The molecule has 2 aromatic heterocycles. The Morgan fingerprint density at radius 3 is 2.62 bits per heavy atom. The summed E-state index contributed by atoms with van der Waals surface area (Å²) < 4.78 is 15.5. The van der Waals surface area contributed by atoms with Crippen LogP contribution in [0.1, 0.15) is 32.6 Å². The molecule has 32 heavy (non-hydrogen) atoms. The van der Waals surface area contributed by atoms with E-state index in [-0.39, 0.29) is 23.3 Å². The van der Waals surface area contributed by atoms with Crippen molar-refractivity contribution in [2.45, 2.75) is 44.8 Å². The average Bonchev–Trinajstić information content (AvgIpc) is 2.81. The molecule has 168 valence electrons. The maximum atomic E-state index is 14.0. The maximum Gasteiger partial charge on any atom is 0.250 e. The number of aromatic nitrogens is 4. The van der Waals surface area contributed by atoms with Crippen LogP contribution in [0.5, 0.6) is 5.75 Å². The third kappa shape index (κ3) is 4.35. The van der Waals surface area contributed by atoms with Crippen molar-refractivity contribution in [3.63, 3.8) is 0 Å². The van der Waals surface area contributed by atoms with Crippen molar-refractivity contribution in [1.29, 1.82) is 0 Å². The van der Waals surface area contributed by atoms with E-state index in [1.807, 2.05) is 31.0 Å². The van der Waals surface area contributed by atoms with Crippen molar-refractivity contribution in [2.75, 3.05) is 11.9 Å². The number of hydrogen-bond acceptors (Lipinski definition) is 6. The number of hydrogen-bond donors (Lipinski definition) is 1. The summed E-state index contributed by atoms with van der Waals surface area (Å²) in [5.41, 5.74) is 1.79. The van der Waals surface area contributed by atoms with Crippen LogP contribution >= 0.6 is 0 Å². The summed E-state index contributed by atoms with van der Waals surface area (Å²) in [4.78, 5) is 18.3. The van der Waals surface area contributed by atoms with Gasteiger partial charge in [0.2, 0.25) is 0 Å². The number of alkyl halides is 1. The first-order chi connectivity index (χ1) is 15.4. The molecule has 0 saturated heterocycles. The molecule has 1 aromatic carbocycles. The second-order valence-electron chi connectivity index (χ2n) is 8.50. The largest absolute Gasteiger partial charge is 0.507 e. The van der Waals surface area contributed by atoms with E-state index in [1.54, 1.807) is 31.6 Å². The van der Waals surface area contributed by atoms with Crippen molar-refractivity contribution >= 4 is 5.82 Å². The highest BCUT2D eigenvalue weighted by Gasteiger charge is 2.31. The topological polar surface area (TPSA) is 84.1 Å². The van der Waals surface area contributed by atoms with Crippen molar-refractivity contribution < 1.29 is 9.50 Å². The van der Waals surface area contributed by atoms with Crippen LogP contribution < -0.4 is 10.5 Å². The minimum atomic E-state index is -0.721. The molecule has 3 atom stereocenters. The molecule has 0 amide bonds. The summed E-state index contributed by atoms with van der Waals surface area (Å²) in [7, 11) is 3.63. The number of rotatable bonds is 5. The number of phenolic OH excluding ortho intramolecular Hbond substituents is 1. The van der Waals surface area contributed by atoms with E-state index >= 15 is 0 Å². The minimum absolute atomic E-state index is 0.0122. The number of nitrogens with zero attached hydrogens (tertiary/aromatic N) is 5. The van der Waals surface area contributed by atoms with Crippen LogP contribution in [0.3, 0.4) is 0 Å². The number of halogens is 1. The van der Waals surface area contributed by atoms with Gasteiger partial charge in [-0.25, -0.2) is 9.37 Å². The molecular formula is C24H28FN5O2. The third-order valence-corrected chi connectivity index (χ3v) is 6.52. The van der Waals surface area contributed by atoms with E-state index < -0.39 is 6.17 Å². The predicted octanol–water partition coefficient (Wildman–Crippen LogP) is 3.96. The Morgan fingerprint density at radius 2 is 1.97 bits per heavy atom. The first-order valence-electron chi connectivity index (χ1n) is 10.9. The maximum absolute atomic E-state index is 14.0. The van der Waals surface area contributed by atoms with Gasteiger partial charge in [0.05, 0.1) is 11.8 Å². The molecule has 0 bridgehead atoms. The van der Waals surface area contributed by atoms with Crippen LogP contribution in [0.4, 0.5) is 10.2 Å². The summed E-state index contributed by atoms with van der Waals surface area (Å²) in [6.07, 6.45) is 5.58. The zero-order valence-corrected chi connectivity index (χ0v) is 18.6. The van der Waals surface area contributed by atoms with Gasteiger partial charge in [0.25, 0.3) is 5.56 Å². The zero-order valence-electron chi connectivity index (χ0n) is 18.6. The van der Waals surface area contributed by atoms with Gasteiger partial charge in [0.15, 0.2) is 11.6 Å². The lowest BCUT2D eigenvalue weighted by Gasteiger charge is -2.37. The van der Waals surface area contributed by atoms with Gasteiger partial charge in [-0.05, 0) is 54.5 Å². The lowest BCUT2D eigenvalue weighted by molar-refractivity contribution is 0.147. The lowest BCUT2D eigenvalue weighted by atomic mass is 9.82. The number of anilines is 1. The van der Waals surface area contributed by atoms with Crippen LogP contribution in [-0.4, -0.2) is 44.1 Å². The van der Waals surface area contributed by atoms with Gasteiger partial charge >= 0.3 is 0 Å². The van der Waals surface area contributed by atoms with Crippen molar-refractivity contribution in [3.05, 3.63) is 53.1 Å². The van der Waals surface area contributed by atoms with Crippen LogP contribution in [0.2, 0.25) is 0 Å². The third-order valence-electron chi connectivity index (χ3n) is 6.52. The molecule has 4 rings (SSSR count). The molecule has 8 heteroatoms. The van der Waals surface area contributed by atoms with Crippen LogP contribution in [0.25, 0.3) is 22.5 Å². The molecule has 1 fully saturated rings. The highest BCUT2D eigenvalue weighted by molar-refractivity contribution is 5.72. The number of aromatic hydroxyl groups is 1. The van der Waals surface area contributed by atoms with E-state index in [0.717, 1.165) is 30.4 Å². The van der Waals surface area contributed by atoms with Gasteiger partial charge in [-0.15, -0.1) is 10.2 Å². The minimum Gasteiger partial charge on any atom is -0.507 e. The molecule has 7 nitrogen and oxygen atoms in total. The van der Waals surface area contributed by atoms with E-state index in [0.29, 0.717) is 23.6 Å². The monoisotopic (exact) mass is 437 g/mol. The van der Waals surface area contributed by atoms with Crippen molar-refractivity contribution in [1.82, 2.24) is 19.7 Å². The Kier molecular flexibility index (Phi) is 6.21. The van der Waals surface area contributed by atoms with E-state index in [4.69, 9.17) is 0 Å². The molecule has 2 heterocycles. The summed E-state index contributed by atoms with van der Waals surface area (Å²) in [5.74, 6) is 1.03. The summed E-state index contributed by atoms with van der Waals surface area (Å²) in [6, 6.07) is 8.67. The smallest absolute Gasteiger partial charge is 0.250 e. The molecule has 1 aliphatic rings. The van der Waals surface area contributed by atoms with Gasteiger partial charge in [-0.3, -0.25) is 4.79 Å². The van der Waals surface area contributed by atoms with E-state index in [1.165, 1.54) is 10.6 Å². The Morgan fingerprint density at radius 1 is 1.19 bits per heavy atom. The highest BCUT2D eigenvalue weighted by atomic mass is 19.1. The molecule has 0 unspecified atom stereocenters. The number of benzene rings is 1. The fourth-order valence-corrected chi connectivity index (χ4v) is 4.35. The standard InChI is InChI=1S/C24H28FN5O2/c1-4-15-11-18(6-8-20(15)25)30(3)22-14-26-24(28-27-22)19-7-5-16(12-21(19)31)17-9-10-29(2)23(32)13-17/h5,7,9-10,12-15,18,20,31H,4,6,8,11H2,1-3H3/t15-,18+,20-/m1/s1. The molecule has 0 aliphatic heterocycles. The van der Waals surface area contributed by atoms with Crippen molar-refractivity contribution in [3.8, 4) is 28.3 Å². The van der Waals surface area contributed by atoms with Crippen LogP contribution in [0.15, 0.2) is 47.5 Å². The van der Waals surface area contributed by atoms with Gasteiger partial charge in [0, 0.05) is 32.4 Å². The van der Waals surface area contributed by atoms with E-state index in [2.05, 4.69) is 15.2 Å². The van der Waals surface area contributed by atoms with Crippen LogP contribution in [-0.2, 0) is 7.05 Å². The molecule has 0 spiro atoms. The summed E-state index contributed by atoms with van der Waals surface area (Å²) in [6.45, 7) is 2.03. The van der Waals surface area contributed by atoms with Gasteiger partial charge in [0.1, 0.15) is 11.9 Å². The Balaban J connectivity index is 1.52. The van der Waals surface area contributed by atoms with Gasteiger partial charge < -0.3 is 14.6 Å². The Hall–Kier alpha value is -3.29. The molecule has 3 aromatic rings. The van der Waals surface area contributed by atoms with Crippen molar-refractivity contribution in [2.24, 2.45) is 13.0 Å². The molecule has 1 saturated carbocycles. The first kappa shape index (κ1) is 21.9. The molecule has 1 aliphatic carbocycles. The number of pyridine rings is 1. The summed E-state index contributed by atoms with van der Waals surface area (Å²) >= 11 is 0. The number of phenols is 1.